The van der Waals surface area contributed by atoms with Crippen molar-refractivity contribution in [1.82, 2.24) is 24.7 Å². The number of hydrogen-bond acceptors (Lipinski definition) is 6. The second kappa shape index (κ2) is 8.15. The predicted molar refractivity (Wildman–Crippen MR) is 90.7 cm³/mol. The Bertz CT molecular complexity index is 926. The van der Waals surface area contributed by atoms with Crippen molar-refractivity contribution in [2.75, 3.05) is 0 Å². The summed E-state index contributed by atoms with van der Waals surface area (Å²) in [5.41, 5.74) is 0.0285. The van der Waals surface area contributed by atoms with Gasteiger partial charge in [-0.05, 0) is 12.1 Å². The SMILES string of the molecule is Cn1c(-c2cc(Cl)cnc2OC(F)F)nnc1-c1cc(Cl)cnc1OC(F)F. The van der Waals surface area contributed by atoms with E-state index in [1.54, 1.807) is 0 Å². The van der Waals surface area contributed by atoms with Crippen LogP contribution in [-0.2, 0) is 7.05 Å². The van der Waals surface area contributed by atoms with Gasteiger partial charge in [0.05, 0.1) is 21.2 Å². The number of pyridine rings is 2. The molecule has 0 amide bonds. The van der Waals surface area contributed by atoms with Crippen molar-refractivity contribution in [2.45, 2.75) is 13.2 Å². The van der Waals surface area contributed by atoms with Crippen LogP contribution in [0.15, 0.2) is 24.5 Å². The van der Waals surface area contributed by atoms with Crippen LogP contribution in [0.4, 0.5) is 17.6 Å². The van der Waals surface area contributed by atoms with Gasteiger partial charge in [-0.3, -0.25) is 0 Å². The Morgan fingerprint density at radius 1 is 0.821 bits per heavy atom. The molecule has 7 nitrogen and oxygen atoms in total. The maximum absolute atomic E-state index is 12.7. The summed E-state index contributed by atoms with van der Waals surface area (Å²) in [5, 5.41) is 8.06. The quantitative estimate of drug-likeness (QED) is 0.530. The van der Waals surface area contributed by atoms with Gasteiger partial charge >= 0.3 is 13.2 Å². The molecule has 0 saturated heterocycles. The molecule has 0 bridgehead atoms. The lowest BCUT2D eigenvalue weighted by Crippen LogP contribution is -2.07. The largest absolute Gasteiger partial charge is 0.416 e. The highest BCUT2D eigenvalue weighted by atomic mass is 35.5. The molecule has 0 aliphatic heterocycles. The van der Waals surface area contributed by atoms with Crippen LogP contribution in [0, 0.1) is 0 Å². The molecule has 0 unspecified atom stereocenters. The van der Waals surface area contributed by atoms with E-state index in [0.29, 0.717) is 0 Å². The molecule has 148 valence electrons. The fourth-order valence-electron chi connectivity index (χ4n) is 2.33. The average Bonchev–Trinajstić information content (AvgIpc) is 2.98. The number of halogens is 6. The first-order valence-electron chi connectivity index (χ1n) is 7.37. The second-order valence-corrected chi connectivity index (χ2v) is 6.05. The van der Waals surface area contributed by atoms with Gasteiger partial charge in [0.1, 0.15) is 0 Å². The number of hydrogen-bond donors (Lipinski definition) is 0. The smallest absolute Gasteiger partial charge is 0.388 e. The van der Waals surface area contributed by atoms with Crippen LogP contribution in [0.3, 0.4) is 0 Å². The van der Waals surface area contributed by atoms with E-state index >= 15 is 0 Å². The van der Waals surface area contributed by atoms with Crippen molar-refractivity contribution in [1.29, 1.82) is 0 Å². The molecule has 13 heteroatoms. The molecule has 0 radical (unpaired) electrons. The highest BCUT2D eigenvalue weighted by Gasteiger charge is 2.23. The summed E-state index contributed by atoms with van der Waals surface area (Å²) in [6, 6.07) is 2.60. The van der Waals surface area contributed by atoms with Crippen molar-refractivity contribution in [3.8, 4) is 34.5 Å². The number of rotatable bonds is 6. The minimum atomic E-state index is -3.14. The van der Waals surface area contributed by atoms with Gasteiger partial charge in [0.15, 0.2) is 11.6 Å². The third kappa shape index (κ3) is 4.25. The Morgan fingerprint density at radius 2 is 1.21 bits per heavy atom. The third-order valence-corrected chi connectivity index (χ3v) is 3.81. The Kier molecular flexibility index (Phi) is 5.84. The molecule has 0 aliphatic carbocycles. The summed E-state index contributed by atoms with van der Waals surface area (Å²) in [5.74, 6) is -0.809. The minimum Gasteiger partial charge on any atom is -0.416 e. The van der Waals surface area contributed by atoms with E-state index in [0.717, 1.165) is 12.4 Å². The summed E-state index contributed by atoms with van der Waals surface area (Å²) in [4.78, 5) is 7.43. The molecular formula is C15H9Cl2F4N5O2. The first kappa shape index (κ1) is 20.1. The molecule has 0 spiro atoms. The lowest BCUT2D eigenvalue weighted by atomic mass is 10.2. The van der Waals surface area contributed by atoms with Gasteiger partial charge < -0.3 is 14.0 Å². The van der Waals surface area contributed by atoms with Gasteiger partial charge in [-0.25, -0.2) is 9.97 Å². The molecule has 0 aliphatic rings. The van der Waals surface area contributed by atoms with Gasteiger partial charge in [-0.15, -0.1) is 10.2 Å². The van der Waals surface area contributed by atoms with Crippen LogP contribution in [0.2, 0.25) is 10.0 Å². The van der Waals surface area contributed by atoms with E-state index in [-0.39, 0.29) is 32.8 Å². The molecule has 0 atom stereocenters. The molecule has 0 N–H and O–H groups in total. The number of nitrogens with zero attached hydrogens (tertiary/aromatic N) is 5. The summed E-state index contributed by atoms with van der Waals surface area (Å²) < 4.78 is 60.7. The lowest BCUT2D eigenvalue weighted by molar-refractivity contribution is -0.0531. The van der Waals surface area contributed by atoms with Gasteiger partial charge in [-0.2, -0.15) is 17.6 Å². The maximum Gasteiger partial charge on any atom is 0.388 e. The molecule has 3 heterocycles. The third-order valence-electron chi connectivity index (χ3n) is 3.39. The molecule has 0 fully saturated rings. The van der Waals surface area contributed by atoms with Crippen LogP contribution >= 0.6 is 23.2 Å². The van der Waals surface area contributed by atoms with E-state index in [1.165, 1.54) is 23.7 Å². The first-order valence-corrected chi connectivity index (χ1v) is 8.12. The van der Waals surface area contributed by atoms with Crippen molar-refractivity contribution in [3.63, 3.8) is 0 Å². The van der Waals surface area contributed by atoms with E-state index in [1.807, 2.05) is 0 Å². The molecule has 3 rings (SSSR count). The van der Waals surface area contributed by atoms with Crippen molar-refractivity contribution in [2.24, 2.45) is 7.05 Å². The van der Waals surface area contributed by atoms with Crippen molar-refractivity contribution < 1.29 is 27.0 Å². The van der Waals surface area contributed by atoms with Crippen LogP contribution in [0.5, 0.6) is 11.8 Å². The Labute approximate surface area is 164 Å². The van der Waals surface area contributed by atoms with E-state index in [4.69, 9.17) is 23.2 Å². The summed E-state index contributed by atoms with van der Waals surface area (Å²) in [7, 11) is 1.46. The summed E-state index contributed by atoms with van der Waals surface area (Å²) >= 11 is 11.8. The maximum atomic E-state index is 12.7. The average molecular weight is 438 g/mol. The Morgan fingerprint density at radius 3 is 1.57 bits per heavy atom. The lowest BCUT2D eigenvalue weighted by Gasteiger charge is -2.11. The van der Waals surface area contributed by atoms with Crippen LogP contribution in [0.1, 0.15) is 0 Å². The predicted octanol–water partition coefficient (Wildman–Crippen LogP) is 4.45. The van der Waals surface area contributed by atoms with Crippen LogP contribution in [0.25, 0.3) is 22.8 Å². The Balaban J connectivity index is 2.12. The molecular weight excluding hydrogens is 429 g/mol. The van der Waals surface area contributed by atoms with Crippen molar-refractivity contribution >= 4 is 23.2 Å². The topological polar surface area (TPSA) is 75.0 Å². The molecule has 0 saturated carbocycles. The number of alkyl halides is 4. The zero-order valence-corrected chi connectivity index (χ0v) is 15.3. The zero-order valence-electron chi connectivity index (χ0n) is 13.8. The van der Waals surface area contributed by atoms with Crippen LogP contribution < -0.4 is 9.47 Å². The summed E-state index contributed by atoms with van der Waals surface area (Å²) in [6.07, 6.45) is 2.24. The van der Waals surface area contributed by atoms with Crippen molar-refractivity contribution in [3.05, 3.63) is 34.6 Å². The standard InChI is InChI=1S/C15H9Cl2F4N5O2/c1-26-10(8-2-6(16)4-22-12(8)27-14(18)19)24-25-11(26)9-3-7(17)5-23-13(9)28-15(20)21/h2-5,14-15H,1H3. The highest BCUT2D eigenvalue weighted by molar-refractivity contribution is 6.31. The minimum absolute atomic E-state index is 0.0142. The molecule has 0 aromatic carbocycles. The molecule has 3 aromatic rings. The molecule has 3 aromatic heterocycles. The summed E-state index contributed by atoms with van der Waals surface area (Å²) in [6.45, 7) is -6.27. The normalized spacial score (nSPS) is 11.3. The fourth-order valence-corrected chi connectivity index (χ4v) is 2.64. The first-order chi connectivity index (χ1) is 13.3. The van der Waals surface area contributed by atoms with Gasteiger partial charge in [0.2, 0.25) is 11.8 Å². The van der Waals surface area contributed by atoms with Crippen LogP contribution in [-0.4, -0.2) is 38.0 Å². The highest BCUT2D eigenvalue weighted by Crippen LogP contribution is 2.35. The number of ether oxygens (including phenoxy) is 2. The van der Waals surface area contributed by atoms with Gasteiger partial charge in [0.25, 0.3) is 0 Å². The zero-order chi connectivity index (χ0) is 20.4. The molecule has 28 heavy (non-hydrogen) atoms. The van der Waals surface area contributed by atoms with E-state index < -0.39 is 25.0 Å². The monoisotopic (exact) mass is 437 g/mol. The Hall–Kier alpha value is -2.66. The van der Waals surface area contributed by atoms with Gasteiger partial charge in [-0.1, -0.05) is 23.2 Å². The van der Waals surface area contributed by atoms with Gasteiger partial charge in [0, 0.05) is 19.4 Å². The fraction of sp³-hybridized carbons (Fsp3) is 0.200. The second-order valence-electron chi connectivity index (χ2n) is 5.18. The van der Waals surface area contributed by atoms with E-state index in [2.05, 4.69) is 29.6 Å². The van der Waals surface area contributed by atoms with E-state index in [9.17, 15) is 17.6 Å². The number of aromatic nitrogens is 5.